The number of nitrogens with one attached hydrogen (secondary N) is 1. The third-order valence-electron chi connectivity index (χ3n) is 5.81. The maximum atomic E-state index is 13.2. The van der Waals surface area contributed by atoms with Crippen molar-refractivity contribution < 1.29 is 13.9 Å². The van der Waals surface area contributed by atoms with Crippen molar-refractivity contribution in [2.24, 2.45) is 0 Å². The van der Waals surface area contributed by atoms with Crippen molar-refractivity contribution >= 4 is 28.5 Å². The predicted molar refractivity (Wildman–Crippen MR) is 140 cm³/mol. The van der Waals surface area contributed by atoms with E-state index in [4.69, 9.17) is 20.8 Å². The minimum atomic E-state index is -0.270. The monoisotopic (exact) mass is 481 g/mol. The highest BCUT2D eigenvalue weighted by Crippen LogP contribution is 2.36. The molecule has 4 aromatic carbocycles. The molecule has 0 spiro atoms. The van der Waals surface area contributed by atoms with Gasteiger partial charge in [-0.2, -0.15) is 0 Å². The second-order valence-corrected chi connectivity index (χ2v) is 8.85. The fourth-order valence-electron chi connectivity index (χ4n) is 3.98. The number of furan rings is 1. The Kier molecular flexibility index (Phi) is 6.55. The number of aryl methyl sites for hydroxylation is 1. The van der Waals surface area contributed by atoms with Crippen LogP contribution in [0.3, 0.4) is 0 Å². The van der Waals surface area contributed by atoms with Gasteiger partial charge in [0.25, 0.3) is 5.91 Å². The van der Waals surface area contributed by atoms with Crippen molar-refractivity contribution in [2.45, 2.75) is 20.1 Å². The Labute approximate surface area is 209 Å². The van der Waals surface area contributed by atoms with Gasteiger partial charge in [-0.25, -0.2) is 0 Å². The van der Waals surface area contributed by atoms with Crippen molar-refractivity contribution in [3.05, 3.63) is 125 Å². The smallest absolute Gasteiger partial charge is 0.287 e. The van der Waals surface area contributed by atoms with E-state index >= 15 is 0 Å². The lowest BCUT2D eigenvalue weighted by atomic mass is 10.0. The van der Waals surface area contributed by atoms with Gasteiger partial charge in [-0.05, 0) is 60.0 Å². The molecule has 0 aliphatic carbocycles. The van der Waals surface area contributed by atoms with Gasteiger partial charge >= 0.3 is 0 Å². The molecule has 174 valence electrons. The number of hydrogen-bond donors (Lipinski definition) is 1. The average Bonchev–Trinajstić information content (AvgIpc) is 3.26. The molecule has 0 aliphatic rings. The number of amides is 1. The molecule has 1 N–H and O–H groups in total. The van der Waals surface area contributed by atoms with E-state index in [1.807, 2.05) is 104 Å². The maximum absolute atomic E-state index is 13.2. The third-order valence-corrected chi connectivity index (χ3v) is 6.06. The van der Waals surface area contributed by atoms with E-state index in [9.17, 15) is 4.79 Å². The summed E-state index contributed by atoms with van der Waals surface area (Å²) in [5.74, 6) is 0.797. The molecule has 1 aromatic heterocycles. The maximum Gasteiger partial charge on any atom is 0.287 e. The molecule has 0 aliphatic heterocycles. The van der Waals surface area contributed by atoms with Gasteiger partial charge in [0, 0.05) is 22.5 Å². The number of carbonyl (C=O) groups excluding carboxylic acids is 1. The minimum Gasteiger partial charge on any atom is -0.489 e. The van der Waals surface area contributed by atoms with Crippen molar-refractivity contribution in [1.82, 2.24) is 5.32 Å². The zero-order chi connectivity index (χ0) is 24.2. The van der Waals surface area contributed by atoms with Crippen LogP contribution in [0.1, 0.15) is 27.2 Å². The summed E-state index contributed by atoms with van der Waals surface area (Å²) in [6, 6.07) is 31.1. The summed E-state index contributed by atoms with van der Waals surface area (Å²) in [5.41, 5.74) is 5.48. The van der Waals surface area contributed by atoms with E-state index in [0.29, 0.717) is 23.8 Å². The second kappa shape index (κ2) is 10.1. The molecule has 35 heavy (non-hydrogen) atoms. The predicted octanol–water partition coefficient (Wildman–Crippen LogP) is 7.57. The van der Waals surface area contributed by atoms with E-state index < -0.39 is 0 Å². The first kappa shape index (κ1) is 22.8. The van der Waals surface area contributed by atoms with E-state index in [2.05, 4.69) is 5.32 Å². The highest BCUT2D eigenvalue weighted by Gasteiger charge is 2.22. The summed E-state index contributed by atoms with van der Waals surface area (Å²) in [5, 5.41) is 4.53. The zero-order valence-electron chi connectivity index (χ0n) is 19.3. The Morgan fingerprint density at radius 2 is 1.63 bits per heavy atom. The molecule has 0 saturated heterocycles. The van der Waals surface area contributed by atoms with Crippen molar-refractivity contribution in [3.8, 4) is 16.9 Å². The molecule has 0 unspecified atom stereocenters. The lowest BCUT2D eigenvalue weighted by Gasteiger charge is -2.09. The van der Waals surface area contributed by atoms with Crippen LogP contribution in [0.15, 0.2) is 101 Å². The summed E-state index contributed by atoms with van der Waals surface area (Å²) in [7, 11) is 0. The molecule has 1 amide bonds. The van der Waals surface area contributed by atoms with Crippen LogP contribution in [-0.2, 0) is 13.2 Å². The molecule has 5 rings (SSSR count). The van der Waals surface area contributed by atoms with Gasteiger partial charge in [-0.1, -0.05) is 77.8 Å². The van der Waals surface area contributed by atoms with E-state index in [-0.39, 0.29) is 11.7 Å². The quantitative estimate of drug-likeness (QED) is 0.261. The Bertz CT molecular complexity index is 1460. The van der Waals surface area contributed by atoms with Crippen molar-refractivity contribution in [3.63, 3.8) is 0 Å². The molecule has 0 atom stereocenters. The van der Waals surface area contributed by atoms with Gasteiger partial charge in [0.15, 0.2) is 0 Å². The SMILES string of the molecule is Cc1ccc2oc(C(=O)NCc3ccc(OCc4ccccc4)cc3)c(-c3ccc(Cl)cc3)c2c1. The first-order chi connectivity index (χ1) is 17.1. The van der Waals surface area contributed by atoms with Gasteiger partial charge in [-0.15, -0.1) is 0 Å². The lowest BCUT2D eigenvalue weighted by Crippen LogP contribution is -2.22. The number of fused-ring (bicyclic) bond motifs is 1. The number of carbonyl (C=O) groups is 1. The van der Waals surface area contributed by atoms with Gasteiger partial charge in [0.2, 0.25) is 5.76 Å². The topological polar surface area (TPSA) is 51.5 Å². The van der Waals surface area contributed by atoms with Crippen LogP contribution in [0.25, 0.3) is 22.1 Å². The highest BCUT2D eigenvalue weighted by molar-refractivity contribution is 6.30. The highest BCUT2D eigenvalue weighted by atomic mass is 35.5. The molecule has 0 radical (unpaired) electrons. The first-order valence-corrected chi connectivity index (χ1v) is 11.8. The van der Waals surface area contributed by atoms with Crippen LogP contribution in [0, 0.1) is 6.92 Å². The van der Waals surface area contributed by atoms with E-state index in [0.717, 1.165) is 39.0 Å². The normalized spacial score (nSPS) is 10.9. The standard InChI is InChI=1S/C30H24ClNO3/c1-20-7-16-27-26(17-20)28(23-10-12-24(31)13-11-23)29(35-27)30(33)32-18-21-8-14-25(15-9-21)34-19-22-5-3-2-4-6-22/h2-17H,18-19H2,1H3,(H,32,33). The Morgan fingerprint density at radius 3 is 2.37 bits per heavy atom. The second-order valence-electron chi connectivity index (χ2n) is 8.41. The molecule has 5 aromatic rings. The summed E-state index contributed by atoms with van der Waals surface area (Å²) in [4.78, 5) is 13.2. The molecule has 5 heteroatoms. The molecule has 0 saturated carbocycles. The number of rotatable bonds is 7. The summed E-state index contributed by atoms with van der Waals surface area (Å²) in [6.45, 7) is 2.90. The van der Waals surface area contributed by atoms with Crippen molar-refractivity contribution in [1.29, 1.82) is 0 Å². The number of hydrogen-bond acceptors (Lipinski definition) is 3. The molecular weight excluding hydrogens is 458 g/mol. The first-order valence-electron chi connectivity index (χ1n) is 11.4. The molecule has 4 nitrogen and oxygen atoms in total. The zero-order valence-corrected chi connectivity index (χ0v) is 20.0. The van der Waals surface area contributed by atoms with E-state index in [1.165, 1.54) is 0 Å². The minimum absolute atomic E-state index is 0.270. The van der Waals surface area contributed by atoms with Crippen LogP contribution >= 0.6 is 11.6 Å². The molecule has 0 bridgehead atoms. The number of halogens is 1. The number of benzene rings is 4. The average molecular weight is 482 g/mol. The number of ether oxygens (including phenoxy) is 1. The summed E-state index contributed by atoms with van der Waals surface area (Å²) >= 11 is 6.09. The van der Waals surface area contributed by atoms with Crippen LogP contribution in [0.4, 0.5) is 0 Å². The van der Waals surface area contributed by atoms with E-state index in [1.54, 1.807) is 0 Å². The fraction of sp³-hybridized carbons (Fsp3) is 0.100. The molecule has 0 fully saturated rings. The summed E-state index contributed by atoms with van der Waals surface area (Å²) < 4.78 is 11.9. The van der Waals surface area contributed by atoms with Crippen LogP contribution in [0.5, 0.6) is 5.75 Å². The third kappa shape index (κ3) is 5.23. The van der Waals surface area contributed by atoms with Crippen molar-refractivity contribution in [2.75, 3.05) is 0 Å². The van der Waals surface area contributed by atoms with Crippen LogP contribution in [0.2, 0.25) is 5.02 Å². The van der Waals surface area contributed by atoms with Crippen LogP contribution < -0.4 is 10.1 Å². The van der Waals surface area contributed by atoms with Gasteiger partial charge in [0.1, 0.15) is 17.9 Å². The summed E-state index contributed by atoms with van der Waals surface area (Å²) in [6.07, 6.45) is 0. The molecule has 1 heterocycles. The van der Waals surface area contributed by atoms with Gasteiger partial charge < -0.3 is 14.5 Å². The Balaban J connectivity index is 1.32. The Hall–Kier alpha value is -4.02. The largest absolute Gasteiger partial charge is 0.489 e. The molecular formula is C30H24ClNO3. The Morgan fingerprint density at radius 1 is 0.886 bits per heavy atom. The van der Waals surface area contributed by atoms with Gasteiger partial charge in [0.05, 0.1) is 0 Å². The van der Waals surface area contributed by atoms with Crippen LogP contribution in [-0.4, -0.2) is 5.91 Å². The van der Waals surface area contributed by atoms with Gasteiger partial charge in [-0.3, -0.25) is 4.79 Å². The lowest BCUT2D eigenvalue weighted by molar-refractivity contribution is 0.0926. The fourth-order valence-corrected chi connectivity index (χ4v) is 4.11.